The van der Waals surface area contributed by atoms with Crippen molar-refractivity contribution in [1.82, 2.24) is 35.2 Å². The van der Waals surface area contributed by atoms with Gasteiger partial charge in [-0.3, -0.25) is 9.98 Å². The molecular formula is C91H151N9O8. The van der Waals surface area contributed by atoms with Crippen molar-refractivity contribution in [2.75, 3.05) is 13.1 Å². The number of aliphatic imine (C=N–C) groups is 2. The minimum atomic E-state index is 0.261. The molecule has 0 fully saturated rings. The monoisotopic (exact) mass is 1500 g/mol. The number of oxazole rings is 5. The summed E-state index contributed by atoms with van der Waals surface area (Å²) in [6.45, 7) is 83.7. The Hall–Kier alpha value is -7.43. The van der Waals surface area contributed by atoms with Gasteiger partial charge in [-0.1, -0.05) is 224 Å². The van der Waals surface area contributed by atoms with E-state index in [1.807, 2.05) is 65.8 Å². The Balaban J connectivity index is 0.000000600. The maximum Gasteiger partial charge on any atom is 0.194 e. The second-order valence-corrected chi connectivity index (χ2v) is 41.1. The third-order valence-corrected chi connectivity index (χ3v) is 14.5. The van der Waals surface area contributed by atoms with Crippen LogP contribution in [0.25, 0.3) is 0 Å². The van der Waals surface area contributed by atoms with E-state index in [-0.39, 0.29) is 16.2 Å². The van der Waals surface area contributed by atoms with Gasteiger partial charge in [-0.2, -0.15) is 0 Å². The number of allylic oxidation sites excluding steroid dienone is 2. The van der Waals surface area contributed by atoms with Gasteiger partial charge in [0.2, 0.25) is 0 Å². The fourth-order valence-electron chi connectivity index (χ4n) is 10.5. The summed E-state index contributed by atoms with van der Waals surface area (Å²) in [4.78, 5) is 29.3. The van der Waals surface area contributed by atoms with Crippen LogP contribution in [0.4, 0.5) is 0 Å². The molecule has 0 unspecified atom stereocenters. The molecule has 108 heavy (non-hydrogen) atoms. The molecule has 0 N–H and O–H groups in total. The van der Waals surface area contributed by atoms with Crippen LogP contribution in [0.5, 0.6) is 0 Å². The molecule has 2 aliphatic rings. The van der Waals surface area contributed by atoms with Crippen molar-refractivity contribution in [3.8, 4) is 0 Å². The molecule has 0 radical (unpaired) electrons. The summed E-state index contributed by atoms with van der Waals surface area (Å²) < 4.78 is 41.0. The highest BCUT2D eigenvalue weighted by Crippen LogP contribution is 2.31. The standard InChI is InChI=1S/C11H19N.6C9H15NO.C9H15N.C9H14O.C8H13NO/c1-8-7-12-9(2)10(8)6-11(3,4)5;1-7-8(10-6-11-7)5-9(2,3)4;1-7-10-8(6-11-7)5-9(2,3)4;1-7-10-6-8(11-7)5-9(2,3)4;1-7-6-10-8(11-7)5-9(2,3)4;1-7-5-8(10-11-7)6-9(2,3)4;1-7-5-8(11-10-7)6-9(2,3)4;2*1-9(2,3)7-8-5-4-6-10-8;1-8(2,3)4-7-5-10-6-9-7/h6-7H2,1-5H3;4*6H,5H2,1-4H3;2*5H,6H2,1-4H3;4-5H,6-7H2,1-3H3;4-6H,7H2,1-3H3;5-6H,4H2,1-3H3. The molecule has 8 aromatic rings. The lowest BCUT2D eigenvalue weighted by atomic mass is 9.85. The van der Waals surface area contributed by atoms with E-state index in [9.17, 15) is 0 Å². The molecule has 8 aromatic heterocycles. The molecule has 608 valence electrons. The van der Waals surface area contributed by atoms with Crippen molar-refractivity contribution in [2.45, 2.75) is 327 Å². The number of aryl methyl sites for hydroxylation is 6. The van der Waals surface area contributed by atoms with Gasteiger partial charge in [-0.05, 0) is 164 Å². The molecule has 0 atom stereocenters. The SMILES string of the molecule is CC(C)(C)CC1=NCC=C1.CC(C)(C)Cc1ccco1.CC(C)(C)Cc1cocn1.CC1=NCC(C)=C1CC(C)(C)C.Cc1cc(CC(C)(C)C)no1.Cc1cc(CC(C)(C)C)on1.Cc1cnc(CC(C)(C)C)o1.Cc1nc(CC(C)(C)C)co1.Cc1ncc(CC(C)(C)C)o1.Cc1ocnc1CC(C)(C)C. The smallest absolute Gasteiger partial charge is 0.194 e. The Morgan fingerprint density at radius 1 is 0.398 bits per heavy atom. The highest BCUT2D eigenvalue weighted by atomic mass is 16.5. The Morgan fingerprint density at radius 3 is 1.30 bits per heavy atom. The number of furan rings is 1. The minimum absolute atomic E-state index is 0.261. The molecule has 17 nitrogen and oxygen atoms in total. The lowest BCUT2D eigenvalue weighted by Gasteiger charge is -2.19. The summed E-state index contributed by atoms with van der Waals surface area (Å²) in [5.41, 5.74) is 13.8. The van der Waals surface area contributed by atoms with Gasteiger partial charge in [0.1, 0.15) is 47.1 Å². The van der Waals surface area contributed by atoms with Gasteiger partial charge in [-0.25, -0.2) is 24.9 Å². The minimum Gasteiger partial charge on any atom is -0.469 e. The van der Waals surface area contributed by atoms with E-state index >= 15 is 0 Å². The van der Waals surface area contributed by atoms with Crippen molar-refractivity contribution in [2.24, 2.45) is 64.1 Å². The maximum absolute atomic E-state index is 5.35. The van der Waals surface area contributed by atoms with E-state index in [2.05, 4.69) is 279 Å². The topological polar surface area (TPSA) is 220 Å². The van der Waals surface area contributed by atoms with Crippen LogP contribution in [0.1, 0.15) is 315 Å². The Morgan fingerprint density at radius 2 is 0.926 bits per heavy atom. The maximum atomic E-state index is 5.35. The number of hydrogen-bond acceptors (Lipinski definition) is 17. The van der Waals surface area contributed by atoms with Gasteiger partial charge in [0.25, 0.3) is 0 Å². The largest absolute Gasteiger partial charge is 0.469 e. The predicted octanol–water partition coefficient (Wildman–Crippen LogP) is 26.2. The van der Waals surface area contributed by atoms with Crippen molar-refractivity contribution >= 4 is 11.4 Å². The van der Waals surface area contributed by atoms with Gasteiger partial charge >= 0.3 is 0 Å². The van der Waals surface area contributed by atoms with E-state index < -0.39 is 0 Å². The van der Waals surface area contributed by atoms with E-state index in [1.165, 1.54) is 35.4 Å². The number of aromatic nitrogens is 7. The van der Waals surface area contributed by atoms with Crippen LogP contribution in [-0.4, -0.2) is 59.7 Å². The second kappa shape index (κ2) is 43.8. The fourth-order valence-corrected chi connectivity index (χ4v) is 10.5. The zero-order valence-corrected chi connectivity index (χ0v) is 75.3. The average molecular weight is 1500 g/mol. The molecule has 0 bridgehead atoms. The third-order valence-electron chi connectivity index (χ3n) is 14.5. The summed E-state index contributed by atoms with van der Waals surface area (Å²) in [5.74, 6) is 8.12. The van der Waals surface area contributed by atoms with Crippen molar-refractivity contribution < 1.29 is 35.5 Å². The highest BCUT2D eigenvalue weighted by molar-refractivity contribution is 6.00. The summed E-state index contributed by atoms with van der Waals surface area (Å²) >= 11 is 0. The molecule has 0 spiro atoms. The van der Waals surface area contributed by atoms with Crippen LogP contribution in [0, 0.1) is 95.7 Å². The molecule has 10 heterocycles. The molecule has 17 heteroatoms. The summed E-state index contributed by atoms with van der Waals surface area (Å²) in [6.07, 6.45) is 26.0. The lowest BCUT2D eigenvalue weighted by molar-refractivity contribution is 0.319. The van der Waals surface area contributed by atoms with Crippen molar-refractivity contribution in [3.63, 3.8) is 0 Å². The summed E-state index contributed by atoms with van der Waals surface area (Å²) in [5, 5.41) is 7.75. The molecule has 0 aromatic carbocycles. The van der Waals surface area contributed by atoms with Crippen LogP contribution < -0.4 is 0 Å². The Bertz CT molecular complexity index is 3480. The number of nitrogens with zero attached hydrogens (tertiary/aromatic N) is 9. The van der Waals surface area contributed by atoms with E-state index in [0.29, 0.717) is 37.9 Å². The Labute approximate surface area is 655 Å². The van der Waals surface area contributed by atoms with Gasteiger partial charge in [0.05, 0.1) is 60.2 Å². The van der Waals surface area contributed by atoms with Gasteiger partial charge in [0.15, 0.2) is 30.5 Å². The van der Waals surface area contributed by atoms with Crippen molar-refractivity contribution in [3.05, 3.63) is 172 Å². The van der Waals surface area contributed by atoms with Gasteiger partial charge in [-0.15, -0.1) is 0 Å². The third kappa shape index (κ3) is 54.2. The average Bonchev–Trinajstić information content (AvgIpc) is 1.73. The second-order valence-electron chi connectivity index (χ2n) is 41.1. The fraction of sp³-hybridized carbons (Fsp3) is 0.659. The van der Waals surface area contributed by atoms with Crippen LogP contribution in [0.15, 0.2) is 137 Å². The number of rotatable bonds is 10. The highest BCUT2D eigenvalue weighted by Gasteiger charge is 2.22. The zero-order chi connectivity index (χ0) is 83.1. The van der Waals surface area contributed by atoms with Crippen LogP contribution in [-0.2, 0) is 51.4 Å². The molecule has 2 aliphatic heterocycles. The van der Waals surface area contributed by atoms with E-state index in [1.54, 1.807) is 31.2 Å². The van der Waals surface area contributed by atoms with Crippen LogP contribution in [0.3, 0.4) is 0 Å². The molecule has 0 saturated heterocycles. The van der Waals surface area contributed by atoms with E-state index in [4.69, 9.17) is 35.5 Å². The van der Waals surface area contributed by atoms with Crippen LogP contribution in [0.2, 0.25) is 0 Å². The normalized spacial score (nSPS) is 13.2. The van der Waals surface area contributed by atoms with E-state index in [0.717, 1.165) is 158 Å². The zero-order valence-electron chi connectivity index (χ0n) is 75.3. The number of hydrogen-bond donors (Lipinski definition) is 0. The van der Waals surface area contributed by atoms with Gasteiger partial charge in [0, 0.05) is 63.1 Å². The lowest BCUT2D eigenvalue weighted by Crippen LogP contribution is -2.10. The van der Waals surface area contributed by atoms with Crippen molar-refractivity contribution in [1.29, 1.82) is 0 Å². The summed E-state index contributed by atoms with van der Waals surface area (Å²) in [6, 6.07) is 7.93. The first-order chi connectivity index (χ1) is 49.0. The predicted molar refractivity (Wildman–Crippen MR) is 448 cm³/mol. The molecular weight excluding hydrogens is 1350 g/mol. The first kappa shape index (κ1) is 98.6. The molecule has 10 rings (SSSR count). The molecule has 0 aliphatic carbocycles. The first-order valence-electron chi connectivity index (χ1n) is 38.8. The Kier molecular flexibility index (Phi) is 40.0. The quantitative estimate of drug-likeness (QED) is 0.124. The first-order valence-corrected chi connectivity index (χ1v) is 38.8. The summed E-state index contributed by atoms with van der Waals surface area (Å²) in [7, 11) is 0. The molecule has 0 saturated carbocycles. The van der Waals surface area contributed by atoms with Crippen LogP contribution >= 0.6 is 0 Å². The molecule has 0 amide bonds. The van der Waals surface area contributed by atoms with Gasteiger partial charge < -0.3 is 35.5 Å².